The second-order valence-electron chi connectivity index (χ2n) is 3.26. The average Bonchev–Trinajstić information content (AvgIpc) is 2.27. The lowest BCUT2D eigenvalue weighted by molar-refractivity contribution is -0.142. The number of para-hydroxylation sites is 1. The Kier molecular flexibility index (Phi) is 2.36. The Morgan fingerprint density at radius 3 is 2.62 bits per heavy atom. The van der Waals surface area contributed by atoms with Crippen molar-refractivity contribution < 1.29 is 24.5 Å². The van der Waals surface area contributed by atoms with E-state index in [9.17, 15) is 9.59 Å². The van der Waals surface area contributed by atoms with Gasteiger partial charge in [-0.05, 0) is 12.1 Å². The van der Waals surface area contributed by atoms with Gasteiger partial charge in [0.25, 0.3) is 0 Å². The highest BCUT2D eigenvalue weighted by atomic mass is 16.5. The van der Waals surface area contributed by atoms with Gasteiger partial charge in [-0.25, -0.2) is 9.59 Å². The van der Waals surface area contributed by atoms with Gasteiger partial charge in [0, 0.05) is 5.56 Å². The predicted octanol–water partition coefficient (Wildman–Crippen LogP) is 1.24. The molecule has 0 aliphatic carbocycles. The fraction of sp³-hybridized carbons (Fsp3) is 0.0909. The normalized spacial score (nSPS) is 17.4. The summed E-state index contributed by atoms with van der Waals surface area (Å²) in [5.74, 6) is -2.19. The zero-order valence-corrected chi connectivity index (χ0v) is 8.08. The van der Waals surface area contributed by atoms with Crippen molar-refractivity contribution in [2.75, 3.05) is 0 Å². The van der Waals surface area contributed by atoms with E-state index in [-0.39, 0.29) is 11.3 Å². The number of rotatable bonds is 2. The van der Waals surface area contributed by atoms with Crippen LogP contribution in [0.25, 0.3) is 6.08 Å². The number of benzene rings is 1. The predicted molar refractivity (Wildman–Crippen MR) is 54.5 cm³/mol. The number of hydrogen-bond acceptors (Lipinski definition) is 3. The molecule has 5 heteroatoms. The topological polar surface area (TPSA) is 83.8 Å². The lowest BCUT2D eigenvalue weighted by atomic mass is 10.1. The van der Waals surface area contributed by atoms with Crippen LogP contribution in [0.1, 0.15) is 15.9 Å². The first-order valence-electron chi connectivity index (χ1n) is 4.53. The maximum absolute atomic E-state index is 10.9. The minimum absolute atomic E-state index is 0.0342. The summed E-state index contributed by atoms with van der Waals surface area (Å²) in [5, 5.41) is 17.7. The molecule has 0 aromatic heterocycles. The summed E-state index contributed by atoms with van der Waals surface area (Å²) in [4.78, 5) is 21.6. The van der Waals surface area contributed by atoms with Crippen molar-refractivity contribution in [3.8, 4) is 5.75 Å². The van der Waals surface area contributed by atoms with Crippen LogP contribution in [-0.2, 0) is 4.79 Å². The summed E-state index contributed by atoms with van der Waals surface area (Å²) in [6.45, 7) is 0. The van der Waals surface area contributed by atoms with E-state index >= 15 is 0 Å². The van der Waals surface area contributed by atoms with Gasteiger partial charge in [0.1, 0.15) is 11.3 Å². The molecule has 1 heterocycles. The zero-order valence-electron chi connectivity index (χ0n) is 8.08. The largest absolute Gasteiger partial charge is 0.478 e. The Morgan fingerprint density at radius 2 is 2.00 bits per heavy atom. The van der Waals surface area contributed by atoms with Crippen LogP contribution in [0, 0.1) is 0 Å². The standard InChI is InChI=1S/C11H8O5/c12-10(13)7-3-1-2-6-4-5-8(11(14)15)16-9(6)7/h1-5,8H,(H,12,13)(H,14,15). The number of carboxylic acids is 2. The second kappa shape index (κ2) is 3.69. The van der Waals surface area contributed by atoms with E-state index in [1.54, 1.807) is 18.2 Å². The quantitative estimate of drug-likeness (QED) is 0.783. The highest BCUT2D eigenvalue weighted by molar-refractivity contribution is 5.93. The van der Waals surface area contributed by atoms with E-state index in [1.165, 1.54) is 12.1 Å². The zero-order chi connectivity index (χ0) is 11.7. The Hall–Kier alpha value is -2.30. The van der Waals surface area contributed by atoms with E-state index in [0.29, 0.717) is 5.56 Å². The smallest absolute Gasteiger partial charge is 0.349 e. The summed E-state index contributed by atoms with van der Waals surface area (Å²) in [6.07, 6.45) is 1.79. The molecule has 0 saturated carbocycles. The van der Waals surface area contributed by atoms with Crippen LogP contribution in [0.4, 0.5) is 0 Å². The van der Waals surface area contributed by atoms with Crippen molar-refractivity contribution >= 4 is 18.0 Å². The van der Waals surface area contributed by atoms with Crippen LogP contribution in [0.5, 0.6) is 5.75 Å². The first kappa shape index (κ1) is 10.2. The fourth-order valence-corrected chi connectivity index (χ4v) is 1.48. The minimum Gasteiger partial charge on any atom is -0.478 e. The molecular formula is C11H8O5. The molecule has 16 heavy (non-hydrogen) atoms. The second-order valence-corrected chi connectivity index (χ2v) is 3.26. The fourth-order valence-electron chi connectivity index (χ4n) is 1.48. The highest BCUT2D eigenvalue weighted by Gasteiger charge is 2.24. The van der Waals surface area contributed by atoms with Gasteiger partial charge in [-0.3, -0.25) is 0 Å². The van der Waals surface area contributed by atoms with E-state index in [1.807, 2.05) is 0 Å². The van der Waals surface area contributed by atoms with E-state index in [0.717, 1.165) is 0 Å². The molecule has 1 aliphatic heterocycles. The van der Waals surface area contributed by atoms with E-state index in [4.69, 9.17) is 14.9 Å². The minimum atomic E-state index is -1.15. The van der Waals surface area contributed by atoms with E-state index < -0.39 is 18.0 Å². The number of aliphatic carboxylic acids is 1. The Balaban J connectivity index is 2.48. The Labute approximate surface area is 90.6 Å². The van der Waals surface area contributed by atoms with Crippen LogP contribution in [0.3, 0.4) is 0 Å². The Morgan fingerprint density at radius 1 is 1.25 bits per heavy atom. The molecule has 0 fully saturated rings. The summed E-state index contributed by atoms with van der Waals surface area (Å²) >= 11 is 0. The number of carbonyl (C=O) groups is 2. The molecule has 1 atom stereocenters. The van der Waals surface area contributed by atoms with Gasteiger partial charge in [-0.15, -0.1) is 0 Å². The molecule has 0 bridgehead atoms. The molecule has 2 rings (SSSR count). The first-order chi connectivity index (χ1) is 7.59. The molecular weight excluding hydrogens is 212 g/mol. The van der Waals surface area contributed by atoms with E-state index in [2.05, 4.69) is 0 Å². The maximum Gasteiger partial charge on any atom is 0.349 e. The molecule has 0 amide bonds. The molecule has 0 saturated heterocycles. The number of fused-ring (bicyclic) bond motifs is 1. The maximum atomic E-state index is 10.9. The van der Waals surface area contributed by atoms with Crippen LogP contribution < -0.4 is 4.74 Å². The van der Waals surface area contributed by atoms with Crippen molar-refractivity contribution in [2.45, 2.75) is 6.10 Å². The summed E-state index contributed by atoms with van der Waals surface area (Å²) in [6, 6.07) is 4.62. The lowest BCUT2D eigenvalue weighted by Crippen LogP contribution is -2.27. The molecule has 82 valence electrons. The molecule has 5 nitrogen and oxygen atoms in total. The summed E-state index contributed by atoms with van der Waals surface area (Å²) in [7, 11) is 0. The molecule has 0 radical (unpaired) electrons. The van der Waals surface area contributed by atoms with Crippen LogP contribution in [-0.4, -0.2) is 28.3 Å². The number of ether oxygens (including phenoxy) is 1. The Bertz CT molecular complexity index is 489. The number of aromatic carboxylic acids is 1. The summed E-state index contributed by atoms with van der Waals surface area (Å²) in [5.41, 5.74) is 0.533. The van der Waals surface area contributed by atoms with Crippen LogP contribution in [0.2, 0.25) is 0 Å². The highest BCUT2D eigenvalue weighted by Crippen LogP contribution is 2.30. The third-order valence-electron chi connectivity index (χ3n) is 2.21. The van der Waals surface area contributed by atoms with Gasteiger partial charge in [-0.1, -0.05) is 18.2 Å². The number of carboxylic acid groups (broad SMARTS) is 2. The lowest BCUT2D eigenvalue weighted by Gasteiger charge is -2.19. The third-order valence-corrected chi connectivity index (χ3v) is 2.21. The molecule has 0 spiro atoms. The summed E-state index contributed by atoms with van der Waals surface area (Å²) < 4.78 is 5.12. The third kappa shape index (κ3) is 1.63. The molecule has 1 aromatic carbocycles. The van der Waals surface area contributed by atoms with Crippen molar-refractivity contribution in [3.05, 3.63) is 35.4 Å². The van der Waals surface area contributed by atoms with Crippen molar-refractivity contribution in [1.82, 2.24) is 0 Å². The number of hydrogen-bond donors (Lipinski definition) is 2. The van der Waals surface area contributed by atoms with Gasteiger partial charge < -0.3 is 14.9 Å². The monoisotopic (exact) mass is 220 g/mol. The molecule has 1 aromatic rings. The molecule has 1 unspecified atom stereocenters. The molecule has 2 N–H and O–H groups in total. The van der Waals surface area contributed by atoms with Gasteiger partial charge in [0.05, 0.1) is 0 Å². The average molecular weight is 220 g/mol. The van der Waals surface area contributed by atoms with Crippen molar-refractivity contribution in [3.63, 3.8) is 0 Å². The van der Waals surface area contributed by atoms with Gasteiger partial charge in [0.15, 0.2) is 0 Å². The van der Waals surface area contributed by atoms with Crippen LogP contribution >= 0.6 is 0 Å². The van der Waals surface area contributed by atoms with Crippen molar-refractivity contribution in [2.24, 2.45) is 0 Å². The van der Waals surface area contributed by atoms with Gasteiger partial charge >= 0.3 is 11.9 Å². The van der Waals surface area contributed by atoms with Gasteiger partial charge in [-0.2, -0.15) is 0 Å². The molecule has 1 aliphatic rings. The SMILES string of the molecule is O=C(O)c1cccc2c1OC(C(=O)O)C=C2. The van der Waals surface area contributed by atoms with Crippen LogP contribution in [0.15, 0.2) is 24.3 Å². The van der Waals surface area contributed by atoms with Gasteiger partial charge in [0.2, 0.25) is 6.10 Å². The van der Waals surface area contributed by atoms with Crippen molar-refractivity contribution in [1.29, 1.82) is 0 Å². The first-order valence-corrected chi connectivity index (χ1v) is 4.53.